The smallest absolute Gasteiger partial charge is 0.149 e. The molecule has 0 bridgehead atoms. The van der Waals surface area contributed by atoms with E-state index in [4.69, 9.17) is 0 Å². The van der Waals surface area contributed by atoms with Gasteiger partial charge in [-0.15, -0.1) is 16.4 Å². The predicted molar refractivity (Wildman–Crippen MR) is 67.9 cm³/mol. The third kappa shape index (κ3) is 2.39. The van der Waals surface area contributed by atoms with Crippen molar-refractivity contribution in [2.45, 2.75) is 26.8 Å². The summed E-state index contributed by atoms with van der Waals surface area (Å²) in [6.07, 6.45) is 1.68. The van der Waals surface area contributed by atoms with Crippen LogP contribution in [0.25, 0.3) is 0 Å². The van der Waals surface area contributed by atoms with Crippen LogP contribution in [0.4, 0.5) is 5.82 Å². The first-order valence-corrected chi connectivity index (χ1v) is 6.09. The van der Waals surface area contributed by atoms with Gasteiger partial charge in [-0.2, -0.15) is 5.10 Å². The quantitative estimate of drug-likeness (QED) is 0.883. The van der Waals surface area contributed by atoms with Crippen LogP contribution in [0.3, 0.4) is 0 Å². The molecule has 2 aromatic heterocycles. The molecule has 1 unspecified atom stereocenters. The van der Waals surface area contributed by atoms with Crippen LogP contribution in [0.15, 0.2) is 24.4 Å². The number of aryl methyl sites for hydroxylation is 2. The van der Waals surface area contributed by atoms with Crippen molar-refractivity contribution >= 4 is 17.2 Å². The van der Waals surface area contributed by atoms with Crippen LogP contribution in [-0.2, 0) is 0 Å². The Balaban J connectivity index is 2.14. The Hall–Kier alpha value is -1.42. The van der Waals surface area contributed by atoms with Crippen LogP contribution in [0, 0.1) is 13.8 Å². The molecule has 0 saturated heterocycles. The van der Waals surface area contributed by atoms with Crippen molar-refractivity contribution in [1.82, 2.24) is 10.2 Å². The van der Waals surface area contributed by atoms with Crippen molar-refractivity contribution < 1.29 is 0 Å². The lowest BCUT2D eigenvalue weighted by Gasteiger charge is -2.13. The molecule has 0 aliphatic carbocycles. The maximum Gasteiger partial charge on any atom is 0.149 e. The number of hydrogen-bond donors (Lipinski definition) is 1. The lowest BCUT2D eigenvalue weighted by atomic mass is 10.1. The van der Waals surface area contributed by atoms with E-state index in [0.717, 1.165) is 5.82 Å². The third-order valence-electron chi connectivity index (χ3n) is 2.48. The molecule has 0 aliphatic heterocycles. The molecule has 84 valence electrons. The fourth-order valence-corrected chi connectivity index (χ4v) is 2.78. The van der Waals surface area contributed by atoms with Gasteiger partial charge in [0.25, 0.3) is 0 Å². The monoisotopic (exact) mass is 233 g/mol. The first-order chi connectivity index (χ1) is 7.66. The Bertz CT molecular complexity index is 464. The fraction of sp³-hybridized carbons (Fsp3) is 0.333. The molecule has 0 saturated carbocycles. The molecule has 0 aliphatic rings. The first kappa shape index (κ1) is 11.1. The molecule has 3 nitrogen and oxygen atoms in total. The third-order valence-corrected chi connectivity index (χ3v) is 3.46. The summed E-state index contributed by atoms with van der Waals surface area (Å²) in [5.41, 5.74) is 1.34. The Morgan fingerprint density at radius 1 is 1.38 bits per heavy atom. The molecule has 16 heavy (non-hydrogen) atoms. The van der Waals surface area contributed by atoms with Gasteiger partial charge in [-0.25, -0.2) is 0 Å². The van der Waals surface area contributed by atoms with Crippen LogP contribution in [-0.4, -0.2) is 10.2 Å². The number of rotatable bonds is 3. The zero-order chi connectivity index (χ0) is 11.5. The van der Waals surface area contributed by atoms with E-state index in [0.29, 0.717) is 0 Å². The standard InChI is InChI=1S/C12H15N3S/c1-8-7-11(10(3)16-8)9(2)14-12-5-4-6-13-15-12/h4-7,9H,1-3H3,(H,14,15). The van der Waals surface area contributed by atoms with Gasteiger partial charge in [0.2, 0.25) is 0 Å². The zero-order valence-electron chi connectivity index (χ0n) is 9.69. The van der Waals surface area contributed by atoms with Crippen LogP contribution < -0.4 is 5.32 Å². The number of nitrogens with one attached hydrogen (secondary N) is 1. The molecule has 0 aromatic carbocycles. The second-order valence-corrected chi connectivity index (χ2v) is 5.30. The Morgan fingerprint density at radius 2 is 2.19 bits per heavy atom. The topological polar surface area (TPSA) is 37.8 Å². The molecule has 0 amide bonds. The molecule has 1 atom stereocenters. The minimum absolute atomic E-state index is 0.265. The summed E-state index contributed by atoms with van der Waals surface area (Å²) in [5.74, 6) is 0.818. The van der Waals surface area contributed by atoms with Gasteiger partial charge in [-0.3, -0.25) is 0 Å². The Labute approximate surface area is 99.5 Å². The maximum absolute atomic E-state index is 4.02. The van der Waals surface area contributed by atoms with E-state index in [1.54, 1.807) is 6.20 Å². The van der Waals surface area contributed by atoms with E-state index in [1.807, 2.05) is 23.5 Å². The van der Waals surface area contributed by atoms with Gasteiger partial charge in [0.1, 0.15) is 5.82 Å². The minimum Gasteiger partial charge on any atom is -0.362 e. The molecule has 0 fully saturated rings. The van der Waals surface area contributed by atoms with Crippen LogP contribution in [0.2, 0.25) is 0 Å². The SMILES string of the molecule is Cc1cc(C(C)Nc2cccnn2)c(C)s1. The summed E-state index contributed by atoms with van der Waals surface area (Å²) >= 11 is 1.83. The highest BCUT2D eigenvalue weighted by Crippen LogP contribution is 2.27. The first-order valence-electron chi connectivity index (χ1n) is 5.28. The maximum atomic E-state index is 4.02. The number of hydrogen-bond acceptors (Lipinski definition) is 4. The molecule has 2 rings (SSSR count). The average molecular weight is 233 g/mol. The summed E-state index contributed by atoms with van der Waals surface area (Å²) in [6.45, 7) is 6.43. The molecule has 0 radical (unpaired) electrons. The molecular formula is C12H15N3S. The zero-order valence-corrected chi connectivity index (χ0v) is 10.5. The Kier molecular flexibility index (Phi) is 3.19. The summed E-state index contributed by atoms with van der Waals surface area (Å²) in [6, 6.07) is 6.31. The van der Waals surface area contributed by atoms with Gasteiger partial charge in [-0.05, 0) is 44.5 Å². The number of nitrogens with zero attached hydrogens (tertiary/aromatic N) is 2. The van der Waals surface area contributed by atoms with E-state index < -0.39 is 0 Å². The number of thiophene rings is 1. The lowest BCUT2D eigenvalue weighted by molar-refractivity contribution is 0.858. The summed E-state index contributed by atoms with van der Waals surface area (Å²) < 4.78 is 0. The summed E-state index contributed by atoms with van der Waals surface area (Å²) in [5, 5.41) is 11.2. The van der Waals surface area contributed by atoms with Crippen molar-refractivity contribution in [2.24, 2.45) is 0 Å². The Morgan fingerprint density at radius 3 is 2.75 bits per heavy atom. The fourth-order valence-electron chi connectivity index (χ4n) is 1.76. The number of aromatic nitrogens is 2. The van der Waals surface area contributed by atoms with E-state index in [9.17, 15) is 0 Å². The molecule has 4 heteroatoms. The van der Waals surface area contributed by atoms with Crippen molar-refractivity contribution in [2.75, 3.05) is 5.32 Å². The van der Waals surface area contributed by atoms with E-state index in [-0.39, 0.29) is 6.04 Å². The normalized spacial score (nSPS) is 12.4. The predicted octanol–water partition coefficient (Wildman–Crippen LogP) is 3.33. The molecule has 2 heterocycles. The van der Waals surface area contributed by atoms with Crippen LogP contribution >= 0.6 is 11.3 Å². The summed E-state index contributed by atoms with van der Waals surface area (Å²) in [7, 11) is 0. The van der Waals surface area contributed by atoms with Gasteiger partial charge >= 0.3 is 0 Å². The van der Waals surface area contributed by atoms with E-state index in [2.05, 4.69) is 42.4 Å². The van der Waals surface area contributed by atoms with Crippen molar-refractivity contribution in [3.8, 4) is 0 Å². The average Bonchev–Trinajstić information content (AvgIpc) is 2.59. The molecule has 1 N–H and O–H groups in total. The highest BCUT2D eigenvalue weighted by molar-refractivity contribution is 7.12. The van der Waals surface area contributed by atoms with Crippen LogP contribution in [0.1, 0.15) is 28.3 Å². The number of anilines is 1. The van der Waals surface area contributed by atoms with Gasteiger partial charge in [0.05, 0.1) is 6.04 Å². The summed E-state index contributed by atoms with van der Waals surface area (Å²) in [4.78, 5) is 2.71. The molecular weight excluding hydrogens is 218 g/mol. The second-order valence-electron chi connectivity index (χ2n) is 3.84. The lowest BCUT2D eigenvalue weighted by Crippen LogP contribution is -2.08. The highest BCUT2D eigenvalue weighted by atomic mass is 32.1. The second kappa shape index (κ2) is 4.61. The van der Waals surface area contributed by atoms with Gasteiger partial charge < -0.3 is 5.32 Å². The van der Waals surface area contributed by atoms with E-state index >= 15 is 0 Å². The van der Waals surface area contributed by atoms with E-state index in [1.165, 1.54) is 15.3 Å². The highest BCUT2D eigenvalue weighted by Gasteiger charge is 2.11. The van der Waals surface area contributed by atoms with Crippen molar-refractivity contribution in [3.05, 3.63) is 39.7 Å². The van der Waals surface area contributed by atoms with Crippen molar-refractivity contribution in [3.63, 3.8) is 0 Å². The molecule has 0 spiro atoms. The van der Waals surface area contributed by atoms with Gasteiger partial charge in [0.15, 0.2) is 0 Å². The molecule has 2 aromatic rings. The van der Waals surface area contributed by atoms with Gasteiger partial charge in [0, 0.05) is 16.0 Å². The van der Waals surface area contributed by atoms with Crippen LogP contribution in [0.5, 0.6) is 0 Å². The van der Waals surface area contributed by atoms with Gasteiger partial charge in [-0.1, -0.05) is 0 Å². The minimum atomic E-state index is 0.265. The largest absolute Gasteiger partial charge is 0.362 e. The van der Waals surface area contributed by atoms with Crippen molar-refractivity contribution in [1.29, 1.82) is 0 Å².